The largest absolute Gasteiger partial charge is 0.298 e. The van der Waals surface area contributed by atoms with Crippen molar-refractivity contribution in [3.05, 3.63) is 77.3 Å². The second-order valence-corrected chi connectivity index (χ2v) is 11.5. The van der Waals surface area contributed by atoms with Crippen LogP contribution in [0, 0.1) is 6.92 Å². The molecule has 0 unspecified atom stereocenters. The number of fused-ring (bicyclic) bond motifs is 3. The molecule has 2 aromatic heterocycles. The summed E-state index contributed by atoms with van der Waals surface area (Å²) in [4.78, 5) is 21.9. The summed E-state index contributed by atoms with van der Waals surface area (Å²) in [7, 11) is -2.24. The Morgan fingerprint density at radius 3 is 2.39 bits per heavy atom. The van der Waals surface area contributed by atoms with Crippen LogP contribution < -0.4 is 9.62 Å². The summed E-state index contributed by atoms with van der Waals surface area (Å²) in [6.45, 7) is 1.96. The number of benzene rings is 3. The molecule has 3 aromatic carbocycles. The molecule has 0 aliphatic heterocycles. The van der Waals surface area contributed by atoms with Crippen molar-refractivity contribution in [2.75, 3.05) is 16.7 Å². The standard InChI is InChI=1S/C23H18N4O3S3/c1-14-24-20-19(31-14)13-12-18-21(20)32-23(25-18)26-22(28)15-8-10-17(11-9-15)33(29,30)27(2)16-6-4-3-5-7-16/h3-13H,1-2H3,(H,25,26,28). The molecule has 5 rings (SSSR count). The van der Waals surface area contributed by atoms with Gasteiger partial charge in [0, 0.05) is 12.6 Å². The number of nitrogens with one attached hydrogen (secondary N) is 1. The summed E-state index contributed by atoms with van der Waals surface area (Å²) in [6, 6.07) is 18.6. The van der Waals surface area contributed by atoms with E-state index < -0.39 is 10.0 Å². The number of rotatable bonds is 5. The number of carbonyl (C=O) groups excluding carboxylic acids is 1. The summed E-state index contributed by atoms with van der Waals surface area (Å²) in [5.74, 6) is -0.361. The number of hydrogen-bond donors (Lipinski definition) is 1. The van der Waals surface area contributed by atoms with E-state index in [1.54, 1.807) is 35.6 Å². The normalized spacial score (nSPS) is 11.7. The number of sulfonamides is 1. The highest BCUT2D eigenvalue weighted by Crippen LogP contribution is 2.34. The van der Waals surface area contributed by atoms with Crippen LogP contribution in [0.5, 0.6) is 0 Å². The highest BCUT2D eigenvalue weighted by Gasteiger charge is 2.22. The van der Waals surface area contributed by atoms with Crippen molar-refractivity contribution in [3.63, 3.8) is 0 Å². The van der Waals surface area contributed by atoms with Crippen LogP contribution in [0.15, 0.2) is 71.6 Å². The first-order chi connectivity index (χ1) is 15.8. The quantitative estimate of drug-likeness (QED) is 0.358. The SMILES string of the molecule is Cc1nc2c(ccc3nc(NC(=O)c4ccc(S(=O)(=O)N(C)c5ccccc5)cc4)sc32)s1. The molecule has 0 aliphatic rings. The number of thiazole rings is 2. The van der Waals surface area contributed by atoms with E-state index in [2.05, 4.69) is 15.3 Å². The molecule has 0 bridgehead atoms. The van der Waals surface area contributed by atoms with E-state index in [0.29, 0.717) is 16.4 Å². The third-order valence-electron chi connectivity index (χ3n) is 5.14. The molecule has 166 valence electrons. The fraction of sp³-hybridized carbons (Fsp3) is 0.0870. The molecule has 0 fully saturated rings. The minimum Gasteiger partial charge on any atom is -0.298 e. The Labute approximate surface area is 198 Å². The van der Waals surface area contributed by atoms with E-state index >= 15 is 0 Å². The van der Waals surface area contributed by atoms with Gasteiger partial charge in [-0.05, 0) is 55.5 Å². The van der Waals surface area contributed by atoms with E-state index in [-0.39, 0.29) is 10.8 Å². The van der Waals surface area contributed by atoms with E-state index in [4.69, 9.17) is 0 Å². The monoisotopic (exact) mass is 494 g/mol. The third kappa shape index (κ3) is 3.97. The molecular weight excluding hydrogens is 476 g/mol. The summed E-state index contributed by atoms with van der Waals surface area (Å²) < 4.78 is 29.1. The van der Waals surface area contributed by atoms with Crippen molar-refractivity contribution in [3.8, 4) is 0 Å². The molecule has 0 radical (unpaired) electrons. The molecule has 0 saturated heterocycles. The molecule has 1 N–H and O–H groups in total. The predicted octanol–water partition coefficient (Wildman–Crippen LogP) is 5.29. The average molecular weight is 495 g/mol. The van der Waals surface area contributed by atoms with Gasteiger partial charge in [0.25, 0.3) is 15.9 Å². The van der Waals surface area contributed by atoms with Crippen molar-refractivity contribution in [2.24, 2.45) is 0 Å². The number of anilines is 2. The Morgan fingerprint density at radius 2 is 1.67 bits per heavy atom. The van der Waals surface area contributed by atoms with E-state index in [9.17, 15) is 13.2 Å². The molecule has 33 heavy (non-hydrogen) atoms. The number of aromatic nitrogens is 2. The van der Waals surface area contributed by atoms with E-state index in [1.165, 1.54) is 47.0 Å². The van der Waals surface area contributed by atoms with Gasteiger partial charge >= 0.3 is 0 Å². The van der Waals surface area contributed by atoms with Crippen molar-refractivity contribution < 1.29 is 13.2 Å². The van der Waals surface area contributed by atoms with Crippen LogP contribution in [-0.4, -0.2) is 31.3 Å². The first-order valence-electron chi connectivity index (χ1n) is 9.95. The maximum Gasteiger partial charge on any atom is 0.264 e. The second-order valence-electron chi connectivity index (χ2n) is 7.30. The molecule has 0 spiro atoms. The van der Waals surface area contributed by atoms with Gasteiger partial charge in [-0.15, -0.1) is 11.3 Å². The first kappa shape index (κ1) is 21.5. The first-order valence-corrected chi connectivity index (χ1v) is 13.0. The smallest absolute Gasteiger partial charge is 0.264 e. The summed E-state index contributed by atoms with van der Waals surface area (Å²) in [6.07, 6.45) is 0. The Kier molecular flexibility index (Phi) is 5.35. The lowest BCUT2D eigenvalue weighted by Gasteiger charge is -2.19. The topological polar surface area (TPSA) is 92.3 Å². The zero-order chi connectivity index (χ0) is 23.2. The van der Waals surface area contributed by atoms with Crippen molar-refractivity contribution >= 4 is 69.9 Å². The Morgan fingerprint density at radius 1 is 0.939 bits per heavy atom. The fourth-order valence-electron chi connectivity index (χ4n) is 3.42. The highest BCUT2D eigenvalue weighted by molar-refractivity contribution is 7.92. The van der Waals surface area contributed by atoms with Gasteiger partial charge in [0.1, 0.15) is 5.52 Å². The average Bonchev–Trinajstić information content (AvgIpc) is 3.41. The maximum atomic E-state index is 12.9. The van der Waals surface area contributed by atoms with Crippen LogP contribution in [0.1, 0.15) is 15.4 Å². The van der Waals surface area contributed by atoms with Gasteiger partial charge in [0.05, 0.1) is 30.5 Å². The van der Waals surface area contributed by atoms with Gasteiger partial charge in [-0.25, -0.2) is 18.4 Å². The Bertz CT molecular complexity index is 1590. The predicted molar refractivity (Wildman–Crippen MR) is 134 cm³/mol. The molecule has 0 atom stereocenters. The van der Waals surface area contributed by atoms with Crippen LogP contribution in [0.3, 0.4) is 0 Å². The second kappa shape index (κ2) is 8.22. The van der Waals surface area contributed by atoms with Gasteiger partial charge in [0.15, 0.2) is 5.13 Å². The third-order valence-corrected chi connectivity index (χ3v) is 8.87. The van der Waals surface area contributed by atoms with Crippen LogP contribution in [0.2, 0.25) is 0 Å². The number of aryl methyl sites for hydroxylation is 1. The molecule has 0 saturated carbocycles. The zero-order valence-corrected chi connectivity index (χ0v) is 20.1. The molecule has 2 heterocycles. The maximum absolute atomic E-state index is 12.9. The highest BCUT2D eigenvalue weighted by atomic mass is 32.2. The minimum atomic E-state index is -3.74. The number of para-hydroxylation sites is 1. The molecule has 10 heteroatoms. The fourth-order valence-corrected chi connectivity index (χ4v) is 6.47. The van der Waals surface area contributed by atoms with Gasteiger partial charge in [-0.2, -0.15) is 0 Å². The van der Waals surface area contributed by atoms with Gasteiger partial charge in [0.2, 0.25) is 0 Å². The van der Waals surface area contributed by atoms with Gasteiger partial charge in [-0.1, -0.05) is 29.5 Å². The molecule has 1 amide bonds. The molecule has 5 aromatic rings. The van der Waals surface area contributed by atoms with E-state index in [1.807, 2.05) is 25.1 Å². The lowest BCUT2D eigenvalue weighted by molar-refractivity contribution is 0.102. The van der Waals surface area contributed by atoms with Crippen LogP contribution >= 0.6 is 22.7 Å². The lowest BCUT2D eigenvalue weighted by Crippen LogP contribution is -2.26. The summed E-state index contributed by atoms with van der Waals surface area (Å²) >= 11 is 2.99. The molecule has 7 nitrogen and oxygen atoms in total. The number of carbonyl (C=O) groups is 1. The van der Waals surface area contributed by atoms with Gasteiger partial charge in [-0.3, -0.25) is 14.4 Å². The minimum absolute atomic E-state index is 0.103. The summed E-state index contributed by atoms with van der Waals surface area (Å²) in [5.41, 5.74) is 2.56. The molecular formula is C23H18N4O3S3. The van der Waals surface area contributed by atoms with Crippen LogP contribution in [-0.2, 0) is 10.0 Å². The molecule has 0 aliphatic carbocycles. The Balaban J connectivity index is 1.37. The number of nitrogens with zero attached hydrogens (tertiary/aromatic N) is 3. The van der Waals surface area contributed by atoms with Gasteiger partial charge < -0.3 is 0 Å². The van der Waals surface area contributed by atoms with E-state index in [0.717, 1.165) is 25.4 Å². The lowest BCUT2D eigenvalue weighted by atomic mass is 10.2. The van der Waals surface area contributed by atoms with Crippen LogP contribution in [0.4, 0.5) is 10.8 Å². The van der Waals surface area contributed by atoms with Crippen molar-refractivity contribution in [1.29, 1.82) is 0 Å². The Hall–Kier alpha value is -3.34. The van der Waals surface area contributed by atoms with Crippen molar-refractivity contribution in [1.82, 2.24) is 9.97 Å². The zero-order valence-electron chi connectivity index (χ0n) is 17.6. The summed E-state index contributed by atoms with van der Waals surface area (Å²) in [5, 5.41) is 4.25. The van der Waals surface area contributed by atoms with Crippen molar-refractivity contribution in [2.45, 2.75) is 11.8 Å². The number of hydrogen-bond acceptors (Lipinski definition) is 7. The number of amides is 1. The van der Waals surface area contributed by atoms with Crippen LogP contribution in [0.25, 0.3) is 20.4 Å².